The SMILES string of the molecule is CCn1c(C)c(C(C)=O)c2c1C(=O)C(Br)=C(Br)C2=O. The fourth-order valence-electron chi connectivity index (χ4n) is 2.43. The molecule has 0 bridgehead atoms. The molecular formula is C13H11Br2NO3. The number of carbonyl (C=O) groups is 3. The lowest BCUT2D eigenvalue weighted by Gasteiger charge is -2.14. The molecule has 1 aliphatic rings. The quantitative estimate of drug-likeness (QED) is 0.729. The van der Waals surface area contributed by atoms with Crippen LogP contribution < -0.4 is 0 Å². The molecule has 0 radical (unpaired) electrons. The van der Waals surface area contributed by atoms with Crippen molar-refractivity contribution in [2.75, 3.05) is 0 Å². The minimum Gasteiger partial charge on any atom is -0.341 e. The summed E-state index contributed by atoms with van der Waals surface area (Å²) in [5, 5.41) is 0. The van der Waals surface area contributed by atoms with E-state index in [-0.39, 0.29) is 31.9 Å². The van der Waals surface area contributed by atoms with Gasteiger partial charge < -0.3 is 4.57 Å². The number of carbonyl (C=O) groups excluding carboxylic acids is 3. The van der Waals surface area contributed by atoms with Crippen molar-refractivity contribution in [1.82, 2.24) is 4.57 Å². The molecule has 0 N–H and O–H groups in total. The number of hydrogen-bond donors (Lipinski definition) is 0. The maximum atomic E-state index is 12.3. The number of nitrogens with zero attached hydrogens (tertiary/aromatic N) is 1. The molecule has 0 aliphatic heterocycles. The number of aromatic nitrogens is 1. The maximum absolute atomic E-state index is 12.3. The van der Waals surface area contributed by atoms with Gasteiger partial charge in [-0.25, -0.2) is 0 Å². The molecule has 0 spiro atoms. The second-order valence-electron chi connectivity index (χ2n) is 4.27. The van der Waals surface area contributed by atoms with Gasteiger partial charge in [-0.1, -0.05) is 0 Å². The summed E-state index contributed by atoms with van der Waals surface area (Å²) < 4.78 is 2.08. The molecule has 4 nitrogen and oxygen atoms in total. The van der Waals surface area contributed by atoms with E-state index < -0.39 is 0 Å². The molecule has 0 saturated carbocycles. The van der Waals surface area contributed by atoms with Crippen molar-refractivity contribution >= 4 is 49.2 Å². The van der Waals surface area contributed by atoms with Gasteiger partial charge in [-0.2, -0.15) is 0 Å². The number of hydrogen-bond acceptors (Lipinski definition) is 3. The zero-order valence-electron chi connectivity index (χ0n) is 10.6. The zero-order chi connectivity index (χ0) is 14.5. The van der Waals surface area contributed by atoms with Crippen LogP contribution in [0.4, 0.5) is 0 Å². The zero-order valence-corrected chi connectivity index (χ0v) is 13.8. The summed E-state index contributed by atoms with van der Waals surface area (Å²) in [4.78, 5) is 36.4. The summed E-state index contributed by atoms with van der Waals surface area (Å²) in [5.74, 6) is -0.818. The largest absolute Gasteiger partial charge is 0.341 e. The van der Waals surface area contributed by atoms with Crippen molar-refractivity contribution in [1.29, 1.82) is 0 Å². The van der Waals surface area contributed by atoms with Crippen molar-refractivity contribution in [2.24, 2.45) is 0 Å². The van der Waals surface area contributed by atoms with Crippen LogP contribution in [0.3, 0.4) is 0 Å². The average molecular weight is 389 g/mol. The normalized spacial score (nSPS) is 15.0. The fourth-order valence-corrected chi connectivity index (χ4v) is 3.18. The van der Waals surface area contributed by atoms with E-state index in [9.17, 15) is 14.4 Å². The van der Waals surface area contributed by atoms with Crippen LogP contribution in [0.2, 0.25) is 0 Å². The van der Waals surface area contributed by atoms with Crippen LogP contribution in [-0.4, -0.2) is 21.9 Å². The second kappa shape index (κ2) is 4.83. The van der Waals surface area contributed by atoms with Gasteiger partial charge in [-0.05, 0) is 52.6 Å². The summed E-state index contributed by atoms with van der Waals surface area (Å²) in [6.45, 7) is 5.55. The Hall–Kier alpha value is -1.01. The predicted molar refractivity (Wildman–Crippen MR) is 78.4 cm³/mol. The van der Waals surface area contributed by atoms with Crippen molar-refractivity contribution in [3.8, 4) is 0 Å². The topological polar surface area (TPSA) is 56.1 Å². The minimum absolute atomic E-state index is 0.167. The molecule has 2 rings (SSSR count). The van der Waals surface area contributed by atoms with E-state index >= 15 is 0 Å². The standard InChI is InChI=1S/C13H11Br2NO3/c1-4-16-5(2)7(6(3)17)8-11(16)13(19)10(15)9(14)12(8)18/h4H2,1-3H3. The van der Waals surface area contributed by atoms with E-state index in [4.69, 9.17) is 0 Å². The van der Waals surface area contributed by atoms with Gasteiger partial charge in [0.25, 0.3) is 0 Å². The lowest BCUT2D eigenvalue weighted by Crippen LogP contribution is -2.20. The number of halogens is 2. The van der Waals surface area contributed by atoms with E-state index in [1.165, 1.54) is 6.92 Å². The molecule has 1 aromatic rings. The Morgan fingerprint density at radius 1 is 1.16 bits per heavy atom. The van der Waals surface area contributed by atoms with Crippen molar-refractivity contribution < 1.29 is 14.4 Å². The Morgan fingerprint density at radius 3 is 2.16 bits per heavy atom. The molecule has 1 heterocycles. The van der Waals surface area contributed by atoms with Crippen molar-refractivity contribution in [3.05, 3.63) is 31.5 Å². The first-order chi connectivity index (χ1) is 8.82. The molecular weight excluding hydrogens is 378 g/mol. The van der Waals surface area contributed by atoms with E-state index in [2.05, 4.69) is 31.9 Å². The molecule has 19 heavy (non-hydrogen) atoms. The molecule has 100 valence electrons. The summed E-state index contributed by atoms with van der Waals surface area (Å²) in [5.41, 5.74) is 1.51. The van der Waals surface area contributed by atoms with Crippen LogP contribution in [0.25, 0.3) is 0 Å². The molecule has 0 unspecified atom stereocenters. The third-order valence-corrected chi connectivity index (χ3v) is 5.27. The molecule has 0 saturated heterocycles. The smallest absolute Gasteiger partial charge is 0.218 e. The van der Waals surface area contributed by atoms with Crippen LogP contribution in [-0.2, 0) is 6.54 Å². The number of Topliss-reactive ketones (excluding diaryl/α,β-unsaturated/α-hetero) is 3. The van der Waals surface area contributed by atoms with Crippen LogP contribution in [0.1, 0.15) is 50.7 Å². The minimum atomic E-state index is -0.332. The highest BCUT2D eigenvalue weighted by Crippen LogP contribution is 2.37. The van der Waals surface area contributed by atoms with E-state index in [1.54, 1.807) is 11.5 Å². The lowest BCUT2D eigenvalue weighted by molar-refractivity contribution is 0.0974. The Morgan fingerprint density at radius 2 is 1.68 bits per heavy atom. The first-order valence-corrected chi connectivity index (χ1v) is 7.30. The highest BCUT2D eigenvalue weighted by Gasteiger charge is 2.37. The Kier molecular flexibility index (Phi) is 3.66. The van der Waals surface area contributed by atoms with Crippen LogP contribution >= 0.6 is 31.9 Å². The monoisotopic (exact) mass is 387 g/mol. The Labute approximate surface area is 127 Å². The first-order valence-electron chi connectivity index (χ1n) is 5.71. The van der Waals surface area contributed by atoms with Gasteiger partial charge in [-0.3, -0.25) is 14.4 Å². The summed E-state index contributed by atoms with van der Waals surface area (Å²) in [6, 6.07) is 0. The lowest BCUT2D eigenvalue weighted by atomic mass is 9.96. The van der Waals surface area contributed by atoms with Gasteiger partial charge in [0.05, 0.1) is 14.5 Å². The third kappa shape index (κ3) is 1.89. The van der Waals surface area contributed by atoms with Gasteiger partial charge >= 0.3 is 0 Å². The van der Waals surface area contributed by atoms with Gasteiger partial charge in [-0.15, -0.1) is 0 Å². The van der Waals surface area contributed by atoms with Crippen molar-refractivity contribution in [2.45, 2.75) is 27.3 Å². The molecule has 0 fully saturated rings. The summed E-state index contributed by atoms with van der Waals surface area (Å²) >= 11 is 6.24. The van der Waals surface area contributed by atoms with Crippen LogP contribution in [0, 0.1) is 6.92 Å². The fraction of sp³-hybridized carbons (Fsp3) is 0.308. The maximum Gasteiger partial charge on any atom is 0.218 e. The molecule has 0 atom stereocenters. The van der Waals surface area contributed by atoms with Crippen molar-refractivity contribution in [3.63, 3.8) is 0 Å². The van der Waals surface area contributed by atoms with Gasteiger partial charge in [0.2, 0.25) is 11.6 Å². The third-order valence-electron chi connectivity index (χ3n) is 3.23. The van der Waals surface area contributed by atoms with Crippen LogP contribution in [0.15, 0.2) is 8.96 Å². The summed E-state index contributed by atoms with van der Waals surface area (Å²) in [6.07, 6.45) is 0. The Bertz CT molecular complexity index is 668. The highest BCUT2D eigenvalue weighted by atomic mass is 79.9. The molecule has 6 heteroatoms. The number of rotatable bonds is 2. The Balaban J connectivity index is 2.92. The highest BCUT2D eigenvalue weighted by molar-refractivity contribution is 9.14. The van der Waals surface area contributed by atoms with Gasteiger partial charge in [0, 0.05) is 17.8 Å². The van der Waals surface area contributed by atoms with E-state index in [0.29, 0.717) is 23.5 Å². The summed E-state index contributed by atoms with van der Waals surface area (Å²) in [7, 11) is 0. The molecule has 0 amide bonds. The first kappa shape index (κ1) is 14.4. The van der Waals surface area contributed by atoms with E-state index in [1.807, 2.05) is 6.92 Å². The second-order valence-corrected chi connectivity index (χ2v) is 5.86. The average Bonchev–Trinajstić information content (AvgIpc) is 2.66. The van der Waals surface area contributed by atoms with Gasteiger partial charge in [0.1, 0.15) is 5.69 Å². The number of allylic oxidation sites excluding steroid dienone is 2. The van der Waals surface area contributed by atoms with Gasteiger partial charge in [0.15, 0.2) is 5.78 Å². The number of ketones is 3. The molecule has 1 aliphatic carbocycles. The molecule has 1 aromatic heterocycles. The predicted octanol–water partition coefficient (Wildman–Crippen LogP) is 3.40. The van der Waals surface area contributed by atoms with E-state index in [0.717, 1.165) is 0 Å². The molecule has 0 aromatic carbocycles. The number of fused-ring (bicyclic) bond motifs is 1. The van der Waals surface area contributed by atoms with Crippen LogP contribution in [0.5, 0.6) is 0 Å².